The first-order chi connectivity index (χ1) is 12.7. The number of nitrogens with one attached hydrogen (secondary N) is 3. The van der Waals surface area contributed by atoms with E-state index in [0.29, 0.717) is 38.1 Å². The normalized spacial score (nSPS) is 14.7. The third-order valence-electron chi connectivity index (χ3n) is 4.36. The van der Waals surface area contributed by atoms with Gasteiger partial charge in [0.15, 0.2) is 5.96 Å². The van der Waals surface area contributed by atoms with Gasteiger partial charge in [-0.2, -0.15) is 0 Å². The number of para-hydroxylation sites is 1. The lowest BCUT2D eigenvalue weighted by Gasteiger charge is -2.15. The Bertz CT molecular complexity index is 610. The molecule has 0 saturated heterocycles. The van der Waals surface area contributed by atoms with Gasteiger partial charge in [-0.25, -0.2) is 0 Å². The molecule has 0 atom stereocenters. The summed E-state index contributed by atoms with van der Waals surface area (Å²) in [5.74, 6) is 1.59. The largest absolute Gasteiger partial charge is 0.489 e. The van der Waals surface area contributed by atoms with Crippen molar-refractivity contribution < 1.29 is 9.53 Å². The Kier molecular flexibility index (Phi) is 8.52. The Hall–Kier alpha value is -2.50. The summed E-state index contributed by atoms with van der Waals surface area (Å²) >= 11 is 0. The van der Waals surface area contributed by atoms with Gasteiger partial charge in [0.05, 0.1) is 0 Å². The molecule has 2 rings (SSSR count). The average Bonchev–Trinajstić information content (AvgIpc) is 3.16. The second-order valence-electron chi connectivity index (χ2n) is 6.36. The molecule has 1 aromatic rings. The van der Waals surface area contributed by atoms with Crippen LogP contribution in [0.2, 0.25) is 0 Å². The van der Waals surface area contributed by atoms with Crippen molar-refractivity contribution >= 4 is 11.9 Å². The fraction of sp³-hybridized carbons (Fsp3) is 0.500. The molecule has 0 aromatic heterocycles. The first-order valence-corrected chi connectivity index (χ1v) is 9.28. The maximum Gasteiger partial charge on any atom is 0.221 e. The Balaban J connectivity index is 1.72. The quantitative estimate of drug-likeness (QED) is 0.360. The van der Waals surface area contributed by atoms with Gasteiger partial charge in [-0.05, 0) is 18.9 Å². The molecule has 6 heteroatoms. The minimum Gasteiger partial charge on any atom is -0.489 e. The lowest BCUT2D eigenvalue weighted by molar-refractivity contribution is -0.121. The van der Waals surface area contributed by atoms with Crippen LogP contribution in [0.4, 0.5) is 0 Å². The summed E-state index contributed by atoms with van der Waals surface area (Å²) in [7, 11) is 1.72. The number of ether oxygens (including phenoxy) is 1. The molecule has 1 fully saturated rings. The van der Waals surface area contributed by atoms with Crippen molar-refractivity contribution in [2.75, 3.05) is 20.2 Å². The molecule has 142 valence electrons. The SMILES string of the molecule is C=CCOc1ccccc1CNC(=NC)NCCC(=O)NC1CCCC1. The van der Waals surface area contributed by atoms with Gasteiger partial charge in [-0.15, -0.1) is 0 Å². The molecule has 1 aliphatic rings. The molecule has 3 N–H and O–H groups in total. The van der Waals surface area contributed by atoms with Gasteiger partial charge in [0, 0.05) is 38.2 Å². The highest BCUT2D eigenvalue weighted by atomic mass is 16.5. The molecule has 0 spiro atoms. The maximum atomic E-state index is 12.0. The third kappa shape index (κ3) is 6.78. The van der Waals surface area contributed by atoms with Crippen LogP contribution in [-0.2, 0) is 11.3 Å². The lowest BCUT2D eigenvalue weighted by Crippen LogP contribution is -2.40. The van der Waals surface area contributed by atoms with Gasteiger partial charge in [0.2, 0.25) is 5.91 Å². The van der Waals surface area contributed by atoms with Crippen molar-refractivity contribution in [3.8, 4) is 5.75 Å². The Morgan fingerprint density at radius 2 is 2.08 bits per heavy atom. The fourth-order valence-corrected chi connectivity index (χ4v) is 3.00. The minimum atomic E-state index is 0.100. The monoisotopic (exact) mass is 358 g/mol. The molecule has 26 heavy (non-hydrogen) atoms. The summed E-state index contributed by atoms with van der Waals surface area (Å²) in [6.07, 6.45) is 6.82. The number of benzene rings is 1. The van der Waals surface area contributed by atoms with Crippen LogP contribution in [0.15, 0.2) is 41.9 Å². The number of guanidine groups is 1. The van der Waals surface area contributed by atoms with Crippen LogP contribution in [0.3, 0.4) is 0 Å². The van der Waals surface area contributed by atoms with Crippen molar-refractivity contribution in [2.45, 2.75) is 44.7 Å². The highest BCUT2D eigenvalue weighted by Crippen LogP contribution is 2.18. The number of amides is 1. The topological polar surface area (TPSA) is 74.8 Å². The van der Waals surface area contributed by atoms with E-state index in [1.165, 1.54) is 12.8 Å². The van der Waals surface area contributed by atoms with Gasteiger partial charge in [0.25, 0.3) is 0 Å². The highest BCUT2D eigenvalue weighted by molar-refractivity contribution is 5.81. The Morgan fingerprint density at radius 3 is 2.81 bits per heavy atom. The van der Waals surface area contributed by atoms with Crippen LogP contribution < -0.4 is 20.7 Å². The number of nitrogens with zero attached hydrogens (tertiary/aromatic N) is 1. The number of carbonyl (C=O) groups excluding carboxylic acids is 1. The van der Waals surface area contributed by atoms with E-state index in [-0.39, 0.29) is 5.91 Å². The molecule has 1 amide bonds. The summed E-state index contributed by atoms with van der Waals surface area (Å²) in [5.41, 5.74) is 1.04. The Labute approximate surface area is 156 Å². The first-order valence-electron chi connectivity index (χ1n) is 9.28. The zero-order valence-corrected chi connectivity index (χ0v) is 15.6. The van der Waals surface area contributed by atoms with Gasteiger partial charge >= 0.3 is 0 Å². The Morgan fingerprint density at radius 1 is 1.31 bits per heavy atom. The van der Waals surface area contributed by atoms with Crippen LogP contribution in [0.25, 0.3) is 0 Å². The van der Waals surface area contributed by atoms with E-state index in [4.69, 9.17) is 4.74 Å². The smallest absolute Gasteiger partial charge is 0.221 e. The number of aliphatic imine (C=N–C) groups is 1. The van der Waals surface area contributed by atoms with E-state index in [2.05, 4.69) is 27.5 Å². The van der Waals surface area contributed by atoms with E-state index in [9.17, 15) is 4.79 Å². The van der Waals surface area contributed by atoms with Crippen molar-refractivity contribution in [3.63, 3.8) is 0 Å². The summed E-state index contributed by atoms with van der Waals surface area (Å²) < 4.78 is 5.66. The number of carbonyl (C=O) groups is 1. The molecular weight excluding hydrogens is 328 g/mol. The van der Waals surface area contributed by atoms with Crippen molar-refractivity contribution in [3.05, 3.63) is 42.5 Å². The number of hydrogen-bond donors (Lipinski definition) is 3. The van der Waals surface area contributed by atoms with Gasteiger partial charge < -0.3 is 20.7 Å². The molecule has 1 aromatic carbocycles. The zero-order valence-electron chi connectivity index (χ0n) is 15.6. The van der Waals surface area contributed by atoms with Crippen LogP contribution in [0, 0.1) is 0 Å². The molecule has 0 radical (unpaired) electrons. The van der Waals surface area contributed by atoms with Crippen LogP contribution in [0.5, 0.6) is 5.75 Å². The van der Waals surface area contributed by atoms with E-state index in [0.717, 1.165) is 24.2 Å². The lowest BCUT2D eigenvalue weighted by atomic mass is 10.2. The van der Waals surface area contributed by atoms with Crippen LogP contribution >= 0.6 is 0 Å². The zero-order chi connectivity index (χ0) is 18.6. The van der Waals surface area contributed by atoms with Gasteiger partial charge in [0.1, 0.15) is 12.4 Å². The van der Waals surface area contributed by atoms with E-state index in [1.54, 1.807) is 13.1 Å². The van der Waals surface area contributed by atoms with Crippen molar-refractivity contribution in [1.29, 1.82) is 0 Å². The molecular formula is C20H30N4O2. The standard InChI is InChI=1S/C20H30N4O2/c1-3-14-26-18-11-7-4-8-16(18)15-23-20(21-2)22-13-12-19(25)24-17-9-5-6-10-17/h3-4,7-8,11,17H,1,5-6,9-10,12-15H2,2H3,(H,24,25)(H2,21,22,23). The van der Waals surface area contributed by atoms with Crippen molar-refractivity contribution in [1.82, 2.24) is 16.0 Å². The summed E-state index contributed by atoms with van der Waals surface area (Å²) in [6, 6.07) is 8.23. The second kappa shape index (κ2) is 11.2. The predicted octanol–water partition coefficient (Wildman–Crippen LogP) is 2.37. The van der Waals surface area contributed by atoms with Gasteiger partial charge in [-0.3, -0.25) is 9.79 Å². The maximum absolute atomic E-state index is 12.0. The third-order valence-corrected chi connectivity index (χ3v) is 4.36. The first kappa shape index (κ1) is 19.8. The molecule has 1 saturated carbocycles. The van der Waals surface area contributed by atoms with E-state index >= 15 is 0 Å². The van der Waals surface area contributed by atoms with Crippen LogP contribution in [0.1, 0.15) is 37.7 Å². The average molecular weight is 358 g/mol. The van der Waals surface area contributed by atoms with Gasteiger partial charge in [-0.1, -0.05) is 43.7 Å². The molecule has 0 bridgehead atoms. The van der Waals surface area contributed by atoms with E-state index in [1.807, 2.05) is 24.3 Å². The van der Waals surface area contributed by atoms with Crippen molar-refractivity contribution in [2.24, 2.45) is 4.99 Å². The van der Waals surface area contributed by atoms with Crippen LogP contribution in [-0.4, -0.2) is 38.1 Å². The summed E-state index contributed by atoms with van der Waals surface area (Å²) in [5, 5.41) is 9.52. The molecule has 0 aliphatic heterocycles. The highest BCUT2D eigenvalue weighted by Gasteiger charge is 2.16. The molecule has 0 unspecified atom stereocenters. The molecule has 6 nitrogen and oxygen atoms in total. The predicted molar refractivity (Wildman–Crippen MR) is 105 cm³/mol. The second-order valence-corrected chi connectivity index (χ2v) is 6.36. The number of hydrogen-bond acceptors (Lipinski definition) is 3. The minimum absolute atomic E-state index is 0.100. The molecule has 1 aliphatic carbocycles. The summed E-state index contributed by atoms with van der Waals surface area (Å²) in [4.78, 5) is 16.2. The molecule has 0 heterocycles. The summed E-state index contributed by atoms with van der Waals surface area (Å²) in [6.45, 7) is 5.28. The van der Waals surface area contributed by atoms with E-state index < -0.39 is 0 Å². The number of rotatable bonds is 9. The fourth-order valence-electron chi connectivity index (χ4n) is 3.00.